The number of ether oxygens (including phenoxy) is 1. The number of thioether (sulfide) groups is 1. The van der Waals surface area contributed by atoms with Crippen LogP contribution in [0.3, 0.4) is 0 Å². The van der Waals surface area contributed by atoms with E-state index in [2.05, 4.69) is 38.3 Å². The fourth-order valence-electron chi connectivity index (χ4n) is 4.77. The molecule has 4 heterocycles. The van der Waals surface area contributed by atoms with Crippen molar-refractivity contribution in [1.29, 1.82) is 0 Å². The summed E-state index contributed by atoms with van der Waals surface area (Å²) in [4.78, 5) is 30.1. The van der Waals surface area contributed by atoms with Crippen molar-refractivity contribution in [2.24, 2.45) is 10.9 Å². The highest BCUT2D eigenvalue weighted by molar-refractivity contribution is 8.00. The number of β-amino-alcohol motifs (C(OH)–C–C–N with tert-alkyl or cyclic N) is 1. The van der Waals surface area contributed by atoms with Gasteiger partial charge < -0.3 is 20.1 Å². The second-order valence-corrected chi connectivity index (χ2v) is 11.1. The summed E-state index contributed by atoms with van der Waals surface area (Å²) >= 11 is 1.70. The smallest absolute Gasteiger partial charge is 0.272 e. The molecule has 2 aromatic rings. The number of aromatic nitrogens is 2. The molecule has 1 amide bonds. The van der Waals surface area contributed by atoms with E-state index in [1.54, 1.807) is 48.0 Å². The number of pyridine rings is 2. The Kier molecular flexibility index (Phi) is 9.36. The number of methoxy groups -OCH3 is 1. The molecule has 0 radical (unpaired) electrons. The van der Waals surface area contributed by atoms with Crippen LogP contribution in [0.5, 0.6) is 5.88 Å². The lowest BCUT2D eigenvalue weighted by molar-refractivity contribution is -0.126. The minimum Gasteiger partial charge on any atom is -0.481 e. The Hall–Kier alpha value is -3.28. The number of aliphatic imine (C=N–C) groups is 1. The van der Waals surface area contributed by atoms with Crippen LogP contribution in [0, 0.1) is 11.7 Å². The number of carbonyl (C=O) groups excluding carboxylic acids is 1. The average Bonchev–Trinajstić information content (AvgIpc) is 3.27. The van der Waals surface area contributed by atoms with Gasteiger partial charge >= 0.3 is 0 Å². The van der Waals surface area contributed by atoms with E-state index in [1.165, 1.54) is 13.3 Å². The largest absolute Gasteiger partial charge is 0.481 e. The number of carbonyl (C=O) groups is 1. The molecule has 2 aliphatic heterocycles. The number of aliphatic hydroxyl groups excluding tert-OH is 1. The van der Waals surface area contributed by atoms with E-state index >= 15 is 0 Å². The van der Waals surface area contributed by atoms with Crippen LogP contribution in [0.2, 0.25) is 0 Å². The topological polar surface area (TPSA) is 103 Å². The Labute approximate surface area is 232 Å². The van der Waals surface area contributed by atoms with Gasteiger partial charge in [0.1, 0.15) is 17.3 Å². The number of rotatable bonds is 9. The van der Waals surface area contributed by atoms with E-state index in [0.717, 1.165) is 11.4 Å². The molecule has 11 heteroatoms. The minimum atomic E-state index is -0.615. The van der Waals surface area contributed by atoms with Crippen LogP contribution >= 0.6 is 11.8 Å². The molecular formula is C28H35FN6O3S. The van der Waals surface area contributed by atoms with Crippen LogP contribution in [0.1, 0.15) is 12.5 Å². The number of nitrogens with zero attached hydrogens (tertiary/aromatic N) is 5. The number of amidine groups is 1. The van der Waals surface area contributed by atoms with Gasteiger partial charge in [0.05, 0.1) is 35.7 Å². The van der Waals surface area contributed by atoms with Crippen LogP contribution in [-0.2, 0) is 11.2 Å². The number of allylic oxidation sites excluding steroid dienone is 2. The maximum Gasteiger partial charge on any atom is 0.272 e. The first-order valence-corrected chi connectivity index (χ1v) is 13.9. The number of nitrogens with one attached hydrogen (secondary N) is 1. The molecule has 0 bridgehead atoms. The first kappa shape index (κ1) is 28.7. The summed E-state index contributed by atoms with van der Waals surface area (Å²) in [6.45, 7) is 11.6. The lowest BCUT2D eigenvalue weighted by Gasteiger charge is -2.26. The lowest BCUT2D eigenvalue weighted by Crippen LogP contribution is -2.39. The van der Waals surface area contributed by atoms with Crippen LogP contribution < -0.4 is 10.1 Å². The predicted molar refractivity (Wildman–Crippen MR) is 153 cm³/mol. The van der Waals surface area contributed by atoms with Gasteiger partial charge in [0.25, 0.3) is 5.91 Å². The number of amides is 1. The van der Waals surface area contributed by atoms with Crippen molar-refractivity contribution < 1.29 is 19.0 Å². The van der Waals surface area contributed by atoms with Crippen molar-refractivity contribution in [1.82, 2.24) is 25.1 Å². The van der Waals surface area contributed by atoms with Gasteiger partial charge in [-0.25, -0.2) is 14.4 Å². The minimum absolute atomic E-state index is 0.102. The molecule has 4 rings (SSSR count). The number of likely N-dealkylation sites (tertiary alicyclic amines) is 1. The summed E-state index contributed by atoms with van der Waals surface area (Å²) in [5.41, 5.74) is 2.65. The molecule has 3 atom stereocenters. The van der Waals surface area contributed by atoms with Gasteiger partial charge in [0.2, 0.25) is 5.88 Å². The Morgan fingerprint density at radius 1 is 1.44 bits per heavy atom. The molecule has 0 spiro atoms. The summed E-state index contributed by atoms with van der Waals surface area (Å²) in [7, 11) is 3.22. The van der Waals surface area contributed by atoms with Crippen molar-refractivity contribution in [2.45, 2.75) is 24.7 Å². The third-order valence-corrected chi connectivity index (χ3v) is 8.14. The Balaban J connectivity index is 1.40. The zero-order chi connectivity index (χ0) is 28.1. The predicted octanol–water partition coefficient (Wildman–Crippen LogP) is 2.78. The Bertz CT molecular complexity index is 1320. The van der Waals surface area contributed by atoms with Gasteiger partial charge in [0.15, 0.2) is 0 Å². The zero-order valence-corrected chi connectivity index (χ0v) is 23.4. The molecule has 2 N–H and O–H groups in total. The Morgan fingerprint density at radius 3 is 2.97 bits per heavy atom. The molecular weight excluding hydrogens is 519 g/mol. The molecule has 2 aliphatic rings. The lowest BCUT2D eigenvalue weighted by atomic mass is 10.1. The van der Waals surface area contributed by atoms with E-state index in [-0.39, 0.29) is 22.8 Å². The van der Waals surface area contributed by atoms with Gasteiger partial charge in [-0.15, -0.1) is 11.8 Å². The third kappa shape index (κ3) is 6.84. The van der Waals surface area contributed by atoms with Crippen molar-refractivity contribution in [3.8, 4) is 5.88 Å². The Morgan fingerprint density at radius 2 is 2.23 bits per heavy atom. The average molecular weight is 555 g/mol. The quantitative estimate of drug-likeness (QED) is 0.360. The zero-order valence-electron chi connectivity index (χ0n) is 22.6. The van der Waals surface area contributed by atoms with E-state index in [4.69, 9.17) is 4.74 Å². The SMILES string of the molecule is C=C/C=C(\N=C1NC(=C)CSC1C)C(=O)N(C)CC1CN(CCc2c(F)cnc3ccc(OC)nc23)CC1O. The van der Waals surface area contributed by atoms with E-state index in [9.17, 15) is 14.3 Å². The molecule has 39 heavy (non-hydrogen) atoms. The van der Waals surface area contributed by atoms with Crippen LogP contribution in [0.15, 0.2) is 60.0 Å². The van der Waals surface area contributed by atoms with Gasteiger partial charge in [-0.3, -0.25) is 14.7 Å². The molecule has 0 saturated carbocycles. The van der Waals surface area contributed by atoms with Gasteiger partial charge in [0, 0.05) is 62.2 Å². The summed E-state index contributed by atoms with van der Waals surface area (Å²) in [6, 6.07) is 3.45. The molecule has 208 valence electrons. The molecule has 2 aromatic heterocycles. The van der Waals surface area contributed by atoms with Crippen LogP contribution in [-0.4, -0.2) is 94.1 Å². The fourth-order valence-corrected chi connectivity index (χ4v) is 5.57. The number of hydrogen-bond donors (Lipinski definition) is 2. The van der Waals surface area contributed by atoms with Crippen molar-refractivity contribution in [3.05, 3.63) is 66.4 Å². The van der Waals surface area contributed by atoms with Gasteiger partial charge in [-0.05, 0) is 25.5 Å². The summed E-state index contributed by atoms with van der Waals surface area (Å²) in [6.07, 6.45) is 4.13. The monoisotopic (exact) mass is 554 g/mol. The normalized spacial score (nSPS) is 23.2. The van der Waals surface area contributed by atoms with Crippen LogP contribution in [0.25, 0.3) is 11.0 Å². The highest BCUT2D eigenvalue weighted by Gasteiger charge is 2.33. The number of aliphatic hydroxyl groups is 1. The fraction of sp³-hybridized carbons (Fsp3) is 0.429. The highest BCUT2D eigenvalue weighted by atomic mass is 32.2. The van der Waals surface area contributed by atoms with Crippen molar-refractivity contribution >= 4 is 34.5 Å². The van der Waals surface area contributed by atoms with Crippen molar-refractivity contribution in [2.75, 3.05) is 46.1 Å². The molecule has 3 unspecified atom stereocenters. The molecule has 0 aromatic carbocycles. The maximum atomic E-state index is 14.7. The summed E-state index contributed by atoms with van der Waals surface area (Å²) < 4.78 is 19.9. The second-order valence-electron chi connectivity index (χ2n) is 9.80. The second kappa shape index (κ2) is 12.7. The number of hydrogen-bond acceptors (Lipinski definition) is 8. The van der Waals surface area contributed by atoms with Crippen LogP contribution in [0.4, 0.5) is 4.39 Å². The first-order valence-electron chi connectivity index (χ1n) is 12.8. The highest BCUT2D eigenvalue weighted by Crippen LogP contribution is 2.24. The van der Waals surface area contributed by atoms with Crippen molar-refractivity contribution in [3.63, 3.8) is 0 Å². The number of fused-ring (bicyclic) bond motifs is 1. The summed E-state index contributed by atoms with van der Waals surface area (Å²) in [5, 5.41) is 14.1. The molecule has 9 nitrogen and oxygen atoms in total. The molecule has 0 aliphatic carbocycles. The first-order chi connectivity index (χ1) is 18.7. The van der Waals surface area contributed by atoms with E-state index < -0.39 is 11.9 Å². The van der Waals surface area contributed by atoms with E-state index in [0.29, 0.717) is 60.9 Å². The maximum absolute atomic E-state index is 14.7. The molecule has 2 saturated heterocycles. The standard InChI is InChI=1S/C28H35FN6O3S/c1-6-7-23(32-27-18(3)39-16-17(2)31-27)28(37)34(4)13-19-14-35(15-24(19)36)11-10-20-21(29)12-30-22-8-9-25(38-5)33-26(20)22/h6-9,12,18-19,24,36H,1-2,10-11,13-16H2,3-5H3,(H,31,32)/b23-7-. The van der Waals surface area contributed by atoms with Gasteiger partial charge in [-0.2, -0.15) is 0 Å². The van der Waals surface area contributed by atoms with E-state index in [1.807, 2.05) is 6.92 Å². The number of likely N-dealkylation sites (N-methyl/N-ethyl adjacent to an activating group) is 1. The summed E-state index contributed by atoms with van der Waals surface area (Å²) in [5.74, 6) is 1.04. The third-order valence-electron chi connectivity index (χ3n) is 6.90. The number of halogens is 1. The molecule has 2 fully saturated rings. The van der Waals surface area contributed by atoms with Gasteiger partial charge in [-0.1, -0.05) is 19.2 Å².